The SMILES string of the molecule is COc1cccc(C(=O)N2CCc3nc(-c4ccncc4)nc(N4CCCC4)c3C2)c1. The number of fused-ring (bicyclic) bond motifs is 1. The van der Waals surface area contributed by atoms with E-state index in [1.54, 1.807) is 25.6 Å². The van der Waals surface area contributed by atoms with E-state index in [0.717, 1.165) is 54.4 Å². The molecule has 5 rings (SSSR count). The van der Waals surface area contributed by atoms with Gasteiger partial charge in [0.05, 0.1) is 19.3 Å². The first kappa shape index (κ1) is 19.5. The van der Waals surface area contributed by atoms with Gasteiger partial charge >= 0.3 is 0 Å². The molecule has 1 fully saturated rings. The van der Waals surface area contributed by atoms with Crippen molar-refractivity contribution in [3.63, 3.8) is 0 Å². The van der Waals surface area contributed by atoms with Crippen molar-refractivity contribution in [1.29, 1.82) is 0 Å². The maximum Gasteiger partial charge on any atom is 0.254 e. The number of anilines is 1. The fourth-order valence-corrected chi connectivity index (χ4v) is 4.33. The van der Waals surface area contributed by atoms with Crippen molar-refractivity contribution in [1.82, 2.24) is 19.9 Å². The van der Waals surface area contributed by atoms with Gasteiger partial charge in [0, 0.05) is 55.1 Å². The highest BCUT2D eigenvalue weighted by Gasteiger charge is 2.29. The maximum absolute atomic E-state index is 13.2. The van der Waals surface area contributed by atoms with Crippen LogP contribution in [0.4, 0.5) is 5.82 Å². The van der Waals surface area contributed by atoms with E-state index in [4.69, 9.17) is 14.7 Å². The highest BCUT2D eigenvalue weighted by Crippen LogP contribution is 2.32. The van der Waals surface area contributed by atoms with E-state index in [1.165, 1.54) is 0 Å². The molecule has 7 nitrogen and oxygen atoms in total. The lowest BCUT2D eigenvalue weighted by Gasteiger charge is -2.32. The first-order valence-electron chi connectivity index (χ1n) is 10.7. The zero-order valence-corrected chi connectivity index (χ0v) is 17.6. The Morgan fingerprint density at radius 1 is 1.03 bits per heavy atom. The molecule has 0 spiro atoms. The van der Waals surface area contributed by atoms with Crippen LogP contribution < -0.4 is 9.64 Å². The number of ether oxygens (including phenoxy) is 1. The van der Waals surface area contributed by atoms with Crippen LogP contribution in [0.25, 0.3) is 11.4 Å². The summed E-state index contributed by atoms with van der Waals surface area (Å²) in [5, 5.41) is 0. The number of carbonyl (C=O) groups excluding carboxylic acids is 1. The van der Waals surface area contributed by atoms with Gasteiger partial charge in [0.1, 0.15) is 11.6 Å². The van der Waals surface area contributed by atoms with Crippen LogP contribution in [0.15, 0.2) is 48.8 Å². The molecule has 1 saturated heterocycles. The second kappa shape index (κ2) is 8.34. The molecule has 2 aromatic heterocycles. The second-order valence-corrected chi connectivity index (χ2v) is 7.93. The monoisotopic (exact) mass is 415 g/mol. The van der Waals surface area contributed by atoms with Gasteiger partial charge < -0.3 is 14.5 Å². The molecule has 0 radical (unpaired) electrons. The molecule has 0 saturated carbocycles. The molecule has 2 aliphatic heterocycles. The van der Waals surface area contributed by atoms with E-state index < -0.39 is 0 Å². The van der Waals surface area contributed by atoms with Crippen molar-refractivity contribution in [2.75, 3.05) is 31.6 Å². The number of pyridine rings is 1. The van der Waals surface area contributed by atoms with Crippen LogP contribution in [0.5, 0.6) is 5.75 Å². The smallest absolute Gasteiger partial charge is 0.254 e. The molecule has 7 heteroatoms. The lowest BCUT2D eigenvalue weighted by Crippen LogP contribution is -2.38. The van der Waals surface area contributed by atoms with Gasteiger partial charge in [-0.05, 0) is 43.2 Å². The minimum absolute atomic E-state index is 0.00938. The van der Waals surface area contributed by atoms with Crippen molar-refractivity contribution in [2.24, 2.45) is 0 Å². The van der Waals surface area contributed by atoms with Crippen LogP contribution in [0.1, 0.15) is 34.5 Å². The molecule has 0 bridgehead atoms. The fraction of sp³-hybridized carbons (Fsp3) is 0.333. The number of hydrogen-bond donors (Lipinski definition) is 0. The minimum atomic E-state index is 0.00938. The van der Waals surface area contributed by atoms with Crippen molar-refractivity contribution in [3.8, 4) is 17.1 Å². The zero-order chi connectivity index (χ0) is 21.2. The molecule has 1 aromatic carbocycles. The third-order valence-electron chi connectivity index (χ3n) is 5.99. The molecule has 4 heterocycles. The number of nitrogens with zero attached hydrogens (tertiary/aromatic N) is 5. The standard InChI is InChI=1S/C24H25N5O2/c1-31-19-6-4-5-18(15-19)24(30)29-14-9-21-20(16-29)23(28-12-2-3-13-28)27-22(26-21)17-7-10-25-11-8-17/h4-8,10-11,15H,2-3,9,12-14,16H2,1H3. The average molecular weight is 415 g/mol. The van der Waals surface area contributed by atoms with Crippen LogP contribution in [-0.2, 0) is 13.0 Å². The summed E-state index contributed by atoms with van der Waals surface area (Å²) in [4.78, 5) is 31.4. The first-order chi connectivity index (χ1) is 15.2. The van der Waals surface area contributed by atoms with Gasteiger partial charge in [-0.1, -0.05) is 6.07 Å². The molecule has 31 heavy (non-hydrogen) atoms. The lowest BCUT2D eigenvalue weighted by atomic mass is 10.0. The normalized spacial score (nSPS) is 15.6. The molecule has 0 unspecified atom stereocenters. The van der Waals surface area contributed by atoms with Gasteiger partial charge in [-0.3, -0.25) is 9.78 Å². The summed E-state index contributed by atoms with van der Waals surface area (Å²) >= 11 is 0. The molecule has 158 valence electrons. The number of amides is 1. The van der Waals surface area contributed by atoms with Crippen LogP contribution >= 0.6 is 0 Å². The van der Waals surface area contributed by atoms with Crippen LogP contribution in [0, 0.1) is 0 Å². The third kappa shape index (κ3) is 3.83. The Balaban J connectivity index is 1.50. The van der Waals surface area contributed by atoms with Crippen molar-refractivity contribution in [2.45, 2.75) is 25.8 Å². The van der Waals surface area contributed by atoms with E-state index in [1.807, 2.05) is 35.2 Å². The summed E-state index contributed by atoms with van der Waals surface area (Å²) in [5.74, 6) is 2.40. The third-order valence-corrected chi connectivity index (χ3v) is 5.99. The van der Waals surface area contributed by atoms with Gasteiger partial charge in [-0.15, -0.1) is 0 Å². The Morgan fingerprint density at radius 2 is 1.84 bits per heavy atom. The molecule has 0 atom stereocenters. The summed E-state index contributed by atoms with van der Waals surface area (Å²) < 4.78 is 5.29. The predicted octanol–water partition coefficient (Wildman–Crippen LogP) is 3.35. The number of aromatic nitrogens is 3. The van der Waals surface area contributed by atoms with Crippen molar-refractivity contribution in [3.05, 3.63) is 65.6 Å². The molecular formula is C24H25N5O2. The quantitative estimate of drug-likeness (QED) is 0.651. The Hall–Kier alpha value is -3.48. The Kier molecular flexibility index (Phi) is 5.24. The maximum atomic E-state index is 13.2. The average Bonchev–Trinajstić information content (AvgIpc) is 3.38. The summed E-state index contributed by atoms with van der Waals surface area (Å²) in [7, 11) is 1.61. The number of hydrogen-bond acceptors (Lipinski definition) is 6. The summed E-state index contributed by atoms with van der Waals surface area (Å²) in [6, 6.07) is 11.2. The minimum Gasteiger partial charge on any atom is -0.497 e. The molecule has 0 N–H and O–H groups in total. The van der Waals surface area contributed by atoms with E-state index in [0.29, 0.717) is 30.8 Å². The predicted molar refractivity (Wildman–Crippen MR) is 118 cm³/mol. The van der Waals surface area contributed by atoms with Crippen molar-refractivity contribution >= 4 is 11.7 Å². The Morgan fingerprint density at radius 3 is 2.61 bits per heavy atom. The summed E-state index contributed by atoms with van der Waals surface area (Å²) in [5.41, 5.74) is 3.72. The van der Waals surface area contributed by atoms with Gasteiger partial charge in [0.2, 0.25) is 0 Å². The molecule has 3 aromatic rings. The largest absolute Gasteiger partial charge is 0.497 e. The van der Waals surface area contributed by atoms with Crippen LogP contribution in [0.3, 0.4) is 0 Å². The van der Waals surface area contributed by atoms with Crippen LogP contribution in [-0.4, -0.2) is 52.5 Å². The van der Waals surface area contributed by atoms with Gasteiger partial charge in [0.25, 0.3) is 5.91 Å². The lowest BCUT2D eigenvalue weighted by molar-refractivity contribution is 0.0733. The van der Waals surface area contributed by atoms with Gasteiger partial charge in [-0.2, -0.15) is 0 Å². The highest BCUT2D eigenvalue weighted by atomic mass is 16.5. The summed E-state index contributed by atoms with van der Waals surface area (Å²) in [6.07, 6.45) is 6.57. The van der Waals surface area contributed by atoms with E-state index >= 15 is 0 Å². The van der Waals surface area contributed by atoms with Crippen molar-refractivity contribution < 1.29 is 9.53 Å². The first-order valence-corrected chi connectivity index (χ1v) is 10.7. The number of rotatable bonds is 4. The molecule has 2 aliphatic rings. The Bertz CT molecular complexity index is 1100. The highest BCUT2D eigenvalue weighted by molar-refractivity contribution is 5.94. The van der Waals surface area contributed by atoms with Crippen LogP contribution in [0.2, 0.25) is 0 Å². The van der Waals surface area contributed by atoms with Gasteiger partial charge in [-0.25, -0.2) is 9.97 Å². The zero-order valence-electron chi connectivity index (χ0n) is 17.6. The molecule has 1 amide bonds. The summed E-state index contributed by atoms with van der Waals surface area (Å²) in [6.45, 7) is 3.13. The van der Waals surface area contributed by atoms with Gasteiger partial charge in [0.15, 0.2) is 5.82 Å². The second-order valence-electron chi connectivity index (χ2n) is 7.93. The van der Waals surface area contributed by atoms with E-state index in [-0.39, 0.29) is 5.91 Å². The topological polar surface area (TPSA) is 71.5 Å². The number of methoxy groups -OCH3 is 1. The van der Waals surface area contributed by atoms with E-state index in [2.05, 4.69) is 9.88 Å². The molecular weight excluding hydrogens is 390 g/mol. The fourth-order valence-electron chi connectivity index (χ4n) is 4.33. The Labute approximate surface area is 181 Å². The number of carbonyl (C=O) groups is 1. The van der Waals surface area contributed by atoms with E-state index in [9.17, 15) is 4.79 Å². The molecule has 0 aliphatic carbocycles. The number of benzene rings is 1.